The highest BCUT2D eigenvalue weighted by Gasteiger charge is 2.30. The van der Waals surface area contributed by atoms with Gasteiger partial charge in [-0.2, -0.15) is 18.3 Å². The van der Waals surface area contributed by atoms with Gasteiger partial charge in [0.25, 0.3) is 0 Å². The zero-order chi connectivity index (χ0) is 19.6. The molecule has 0 atom stereocenters. The Morgan fingerprint density at radius 3 is 2.63 bits per heavy atom. The first-order valence-electron chi connectivity index (χ1n) is 7.73. The van der Waals surface area contributed by atoms with E-state index in [-0.39, 0.29) is 18.9 Å². The Hall–Kier alpha value is -2.53. The molecule has 0 aliphatic carbocycles. The van der Waals surface area contributed by atoms with Gasteiger partial charge in [-0.1, -0.05) is 12.1 Å². The molecule has 1 amide bonds. The van der Waals surface area contributed by atoms with Gasteiger partial charge in [0.1, 0.15) is 5.01 Å². The molecule has 0 bridgehead atoms. The third-order valence-electron chi connectivity index (χ3n) is 3.77. The number of nitrogens with one attached hydrogen (secondary N) is 2. The summed E-state index contributed by atoms with van der Waals surface area (Å²) in [6, 6.07) is 4.77. The van der Waals surface area contributed by atoms with Crippen LogP contribution >= 0.6 is 23.6 Å². The average molecular weight is 413 g/mol. The van der Waals surface area contributed by atoms with Crippen molar-refractivity contribution in [2.24, 2.45) is 7.05 Å². The number of carbonyl (C=O) groups is 1. The Bertz CT molecular complexity index is 1000. The van der Waals surface area contributed by atoms with Crippen LogP contribution in [0.3, 0.4) is 0 Å². The van der Waals surface area contributed by atoms with Crippen LogP contribution in [-0.2, 0) is 31.0 Å². The average Bonchev–Trinajstić information content (AvgIpc) is 3.20. The van der Waals surface area contributed by atoms with Crippen molar-refractivity contribution in [1.29, 1.82) is 0 Å². The van der Waals surface area contributed by atoms with E-state index in [1.165, 1.54) is 23.5 Å². The van der Waals surface area contributed by atoms with Gasteiger partial charge in [-0.15, -0.1) is 11.3 Å². The largest absolute Gasteiger partial charge is 0.416 e. The summed E-state index contributed by atoms with van der Waals surface area (Å²) >= 11 is 6.27. The number of benzene rings is 1. The van der Waals surface area contributed by atoms with E-state index in [0.29, 0.717) is 26.9 Å². The van der Waals surface area contributed by atoms with Crippen molar-refractivity contribution in [3.63, 3.8) is 0 Å². The topological polar surface area (TPSA) is 75.6 Å². The van der Waals surface area contributed by atoms with E-state index in [2.05, 4.69) is 20.5 Å². The SMILES string of the molecule is Cn1c(CNC(=O)Cc2csc(-c3ccc(C(F)(F)F)cc3)n2)n[nH]c1=S. The Morgan fingerprint density at radius 1 is 1.33 bits per heavy atom. The number of aromatic nitrogens is 4. The van der Waals surface area contributed by atoms with Crippen LogP contribution in [0.1, 0.15) is 17.1 Å². The summed E-state index contributed by atoms with van der Waals surface area (Å²) in [5.74, 6) is 0.352. The van der Waals surface area contributed by atoms with Crippen molar-refractivity contribution < 1.29 is 18.0 Å². The van der Waals surface area contributed by atoms with Gasteiger partial charge < -0.3 is 9.88 Å². The summed E-state index contributed by atoms with van der Waals surface area (Å²) in [5, 5.41) is 11.6. The maximum absolute atomic E-state index is 12.6. The van der Waals surface area contributed by atoms with Crippen LogP contribution < -0.4 is 5.32 Å². The molecule has 1 aromatic carbocycles. The fourth-order valence-corrected chi connectivity index (χ4v) is 3.24. The zero-order valence-corrected chi connectivity index (χ0v) is 15.6. The molecular weight excluding hydrogens is 399 g/mol. The maximum atomic E-state index is 12.6. The number of rotatable bonds is 5. The normalized spacial score (nSPS) is 11.6. The number of H-pyrrole nitrogens is 1. The first-order chi connectivity index (χ1) is 12.7. The number of hydrogen-bond donors (Lipinski definition) is 2. The van der Waals surface area contributed by atoms with Crippen molar-refractivity contribution in [2.45, 2.75) is 19.1 Å². The van der Waals surface area contributed by atoms with Gasteiger partial charge in [-0.05, 0) is 24.4 Å². The monoisotopic (exact) mass is 413 g/mol. The molecule has 3 rings (SSSR count). The van der Waals surface area contributed by atoms with Crippen LogP contribution in [0.2, 0.25) is 0 Å². The molecular formula is C16H14F3N5OS2. The van der Waals surface area contributed by atoms with Gasteiger partial charge in [-0.25, -0.2) is 4.98 Å². The van der Waals surface area contributed by atoms with Crippen molar-refractivity contribution in [3.8, 4) is 10.6 Å². The van der Waals surface area contributed by atoms with Crippen LogP contribution in [0.4, 0.5) is 13.2 Å². The van der Waals surface area contributed by atoms with Gasteiger partial charge in [0.15, 0.2) is 10.6 Å². The van der Waals surface area contributed by atoms with Crippen LogP contribution in [0.15, 0.2) is 29.6 Å². The molecule has 2 aromatic heterocycles. The number of alkyl halides is 3. The minimum atomic E-state index is -4.37. The molecule has 2 N–H and O–H groups in total. The number of hydrogen-bond acceptors (Lipinski definition) is 5. The lowest BCUT2D eigenvalue weighted by Crippen LogP contribution is -2.26. The highest BCUT2D eigenvalue weighted by atomic mass is 32.1. The van der Waals surface area contributed by atoms with E-state index < -0.39 is 11.7 Å². The summed E-state index contributed by atoms with van der Waals surface area (Å²) in [5.41, 5.74) is 0.403. The van der Waals surface area contributed by atoms with Gasteiger partial charge in [0.2, 0.25) is 5.91 Å². The molecule has 11 heteroatoms. The lowest BCUT2D eigenvalue weighted by molar-refractivity contribution is -0.137. The van der Waals surface area contributed by atoms with Crippen molar-refractivity contribution in [1.82, 2.24) is 25.1 Å². The molecule has 0 spiro atoms. The molecule has 0 aliphatic heterocycles. The second-order valence-electron chi connectivity index (χ2n) is 5.68. The summed E-state index contributed by atoms with van der Waals surface area (Å²) in [6.07, 6.45) is -4.31. The van der Waals surface area contributed by atoms with E-state index >= 15 is 0 Å². The number of amides is 1. The minimum absolute atomic E-state index is 0.0615. The summed E-state index contributed by atoms with van der Waals surface area (Å²) in [7, 11) is 1.74. The maximum Gasteiger partial charge on any atom is 0.416 e. The second kappa shape index (κ2) is 7.61. The predicted octanol–water partition coefficient (Wildman–Crippen LogP) is 3.48. The number of halogens is 3. The standard InChI is InChI=1S/C16H14F3N5OS2/c1-24-12(22-23-15(24)26)7-20-13(25)6-11-8-27-14(21-11)9-2-4-10(5-3-9)16(17,18)19/h2-5,8H,6-7H2,1H3,(H,20,25)(H,23,26). The van der Waals surface area contributed by atoms with Crippen LogP contribution in [0, 0.1) is 4.77 Å². The molecule has 2 heterocycles. The Kier molecular flexibility index (Phi) is 5.42. The molecule has 0 fully saturated rings. The lowest BCUT2D eigenvalue weighted by Gasteiger charge is -2.06. The predicted molar refractivity (Wildman–Crippen MR) is 96.5 cm³/mol. The Labute approximate surface area is 161 Å². The molecule has 0 radical (unpaired) electrons. The molecule has 0 unspecified atom stereocenters. The summed E-state index contributed by atoms with van der Waals surface area (Å²) < 4.78 is 40.0. The third kappa shape index (κ3) is 4.61. The van der Waals surface area contributed by atoms with Gasteiger partial charge >= 0.3 is 6.18 Å². The number of thiazole rings is 1. The Balaban J connectivity index is 1.61. The molecule has 0 saturated carbocycles. The van der Waals surface area contributed by atoms with Gasteiger partial charge in [0.05, 0.1) is 24.2 Å². The van der Waals surface area contributed by atoms with Crippen LogP contribution in [0.5, 0.6) is 0 Å². The molecule has 3 aromatic rings. The minimum Gasteiger partial charge on any atom is -0.348 e. The summed E-state index contributed by atoms with van der Waals surface area (Å²) in [6.45, 7) is 0.221. The molecule has 0 saturated heterocycles. The van der Waals surface area contributed by atoms with Gasteiger partial charge in [-0.3, -0.25) is 9.89 Å². The molecule has 6 nitrogen and oxygen atoms in total. The number of carbonyl (C=O) groups excluding carboxylic acids is 1. The zero-order valence-electron chi connectivity index (χ0n) is 14.0. The fraction of sp³-hybridized carbons (Fsp3) is 0.250. The molecule has 142 valence electrons. The van der Waals surface area contributed by atoms with E-state index in [0.717, 1.165) is 12.1 Å². The molecule has 0 aliphatic rings. The van der Waals surface area contributed by atoms with E-state index in [4.69, 9.17) is 12.2 Å². The van der Waals surface area contributed by atoms with Crippen LogP contribution in [0.25, 0.3) is 10.6 Å². The van der Waals surface area contributed by atoms with E-state index in [1.54, 1.807) is 17.0 Å². The Morgan fingerprint density at radius 2 is 2.04 bits per heavy atom. The first-order valence-corrected chi connectivity index (χ1v) is 9.02. The quantitative estimate of drug-likeness (QED) is 0.628. The second-order valence-corrected chi connectivity index (χ2v) is 6.92. The fourth-order valence-electron chi connectivity index (χ4n) is 2.26. The third-order valence-corrected chi connectivity index (χ3v) is 5.07. The van der Waals surface area contributed by atoms with Crippen molar-refractivity contribution in [3.05, 3.63) is 51.5 Å². The smallest absolute Gasteiger partial charge is 0.348 e. The lowest BCUT2D eigenvalue weighted by atomic mass is 10.1. The van der Waals surface area contributed by atoms with Gasteiger partial charge in [0, 0.05) is 18.0 Å². The number of aromatic amines is 1. The van der Waals surface area contributed by atoms with Crippen LogP contribution in [-0.4, -0.2) is 25.7 Å². The van der Waals surface area contributed by atoms with E-state index in [1.807, 2.05) is 0 Å². The molecule has 27 heavy (non-hydrogen) atoms. The highest BCUT2D eigenvalue weighted by Crippen LogP contribution is 2.31. The summed E-state index contributed by atoms with van der Waals surface area (Å²) in [4.78, 5) is 16.4. The first kappa shape index (κ1) is 19.2. The van der Waals surface area contributed by atoms with Crippen molar-refractivity contribution >= 4 is 29.5 Å². The van der Waals surface area contributed by atoms with Crippen molar-refractivity contribution in [2.75, 3.05) is 0 Å². The highest BCUT2D eigenvalue weighted by molar-refractivity contribution is 7.71. The number of nitrogens with zero attached hydrogens (tertiary/aromatic N) is 3. The van der Waals surface area contributed by atoms with E-state index in [9.17, 15) is 18.0 Å².